The van der Waals surface area contributed by atoms with Crippen molar-refractivity contribution in [2.75, 3.05) is 27.9 Å². The van der Waals surface area contributed by atoms with Gasteiger partial charge in [-0.2, -0.15) is 0 Å². The Kier molecular flexibility index (Phi) is 5.89. The van der Waals surface area contributed by atoms with E-state index in [-0.39, 0.29) is 55.7 Å². The molecule has 192 valence electrons. The average Bonchev–Trinajstić information content (AvgIpc) is 2.87. The Morgan fingerprint density at radius 1 is 0.778 bits per heavy atom. The van der Waals surface area contributed by atoms with Crippen LogP contribution in [0.2, 0.25) is 0 Å². The van der Waals surface area contributed by atoms with Gasteiger partial charge in [-0.3, -0.25) is 0 Å². The number of methoxy groups -OCH3 is 3. The molecule has 0 spiro atoms. The molecule has 2 aromatic carbocycles. The van der Waals surface area contributed by atoms with Crippen LogP contribution in [0.1, 0.15) is 0 Å². The highest BCUT2D eigenvalue weighted by atomic mass is 16.7. The number of aliphatic hydroxyl groups is 4. The van der Waals surface area contributed by atoms with Gasteiger partial charge in [0.15, 0.2) is 22.7 Å². The summed E-state index contributed by atoms with van der Waals surface area (Å²) >= 11 is 0. The maximum absolute atomic E-state index is 13.0. The second-order valence-electron chi connectivity index (χ2n) is 8.12. The molecule has 5 rings (SSSR count). The van der Waals surface area contributed by atoms with Crippen molar-refractivity contribution >= 4 is 32.7 Å². The van der Waals surface area contributed by atoms with Crippen molar-refractivity contribution in [1.82, 2.24) is 0 Å². The van der Waals surface area contributed by atoms with Crippen molar-refractivity contribution in [3.8, 4) is 23.0 Å². The number of benzene rings is 2. The van der Waals surface area contributed by atoms with Crippen LogP contribution < -0.4 is 30.2 Å². The lowest BCUT2D eigenvalue weighted by molar-refractivity contribution is -0.277. The molecule has 2 aromatic heterocycles. The lowest BCUT2D eigenvalue weighted by atomic mass is 9.99. The van der Waals surface area contributed by atoms with Crippen LogP contribution in [0.25, 0.3) is 32.7 Å². The lowest BCUT2D eigenvalue weighted by Gasteiger charge is -2.39. The summed E-state index contributed by atoms with van der Waals surface area (Å²) in [5, 5.41) is 40.3. The second-order valence-corrected chi connectivity index (χ2v) is 8.12. The van der Waals surface area contributed by atoms with E-state index in [1.165, 1.54) is 33.5 Å². The fraction of sp³-hybridized carbons (Fsp3) is 0.391. The molecule has 1 saturated heterocycles. The first-order valence-corrected chi connectivity index (χ1v) is 10.7. The normalized spacial score (nSPS) is 24.5. The predicted molar refractivity (Wildman–Crippen MR) is 121 cm³/mol. The third kappa shape index (κ3) is 3.36. The summed E-state index contributed by atoms with van der Waals surface area (Å²) in [6.07, 6.45) is -7.88. The highest BCUT2D eigenvalue weighted by Gasteiger charge is 2.45. The van der Waals surface area contributed by atoms with Crippen LogP contribution >= 0.6 is 0 Å². The molecule has 4 aromatic rings. The quantitative estimate of drug-likeness (QED) is 0.197. The molecular formula is C23H22O13. The van der Waals surface area contributed by atoms with E-state index in [1.807, 2.05) is 0 Å². The van der Waals surface area contributed by atoms with E-state index in [4.69, 9.17) is 32.5 Å². The number of ether oxygens (including phenoxy) is 5. The van der Waals surface area contributed by atoms with Gasteiger partial charge in [0.1, 0.15) is 24.4 Å². The molecule has 36 heavy (non-hydrogen) atoms. The standard InChI is InChI=1S/C23H22O13/c1-30-9-4-7-12-13-8(22(29)35-19(12)17(9)31-2)5-10(18(32-3)20(13)36-21(7)28)33-23-16(27)15(26)14(25)11(6-24)34-23/h4-5,11,14-16,23-27H,6H2,1-3H3/t11-,14-,15+,16-,23-/m1/s1. The van der Waals surface area contributed by atoms with E-state index >= 15 is 0 Å². The molecule has 1 fully saturated rings. The van der Waals surface area contributed by atoms with Crippen LogP contribution in [0.3, 0.4) is 0 Å². The lowest BCUT2D eigenvalue weighted by Crippen LogP contribution is -2.60. The van der Waals surface area contributed by atoms with E-state index in [0.29, 0.717) is 0 Å². The van der Waals surface area contributed by atoms with Crippen LogP contribution in [0.15, 0.2) is 30.6 Å². The third-order valence-electron chi connectivity index (χ3n) is 6.20. The van der Waals surface area contributed by atoms with Crippen molar-refractivity contribution in [2.45, 2.75) is 30.7 Å². The summed E-state index contributed by atoms with van der Waals surface area (Å²) < 4.78 is 38.2. The number of aliphatic hydroxyl groups excluding tert-OH is 4. The summed E-state index contributed by atoms with van der Waals surface area (Å²) in [4.78, 5) is 26.0. The zero-order valence-electron chi connectivity index (χ0n) is 19.2. The summed E-state index contributed by atoms with van der Waals surface area (Å²) in [7, 11) is 3.98. The van der Waals surface area contributed by atoms with Gasteiger partial charge in [-0.1, -0.05) is 0 Å². The van der Waals surface area contributed by atoms with E-state index in [2.05, 4.69) is 0 Å². The van der Waals surface area contributed by atoms with Gasteiger partial charge < -0.3 is 52.9 Å². The molecule has 1 aliphatic heterocycles. The van der Waals surface area contributed by atoms with E-state index in [0.717, 1.165) is 0 Å². The maximum Gasteiger partial charge on any atom is 0.344 e. The number of rotatable bonds is 6. The smallest absolute Gasteiger partial charge is 0.344 e. The van der Waals surface area contributed by atoms with Crippen LogP contribution in [0.4, 0.5) is 0 Å². The van der Waals surface area contributed by atoms with Gasteiger partial charge >= 0.3 is 11.3 Å². The number of hydrogen-bond donors (Lipinski definition) is 4. The van der Waals surface area contributed by atoms with E-state index in [9.17, 15) is 30.0 Å². The van der Waals surface area contributed by atoms with Crippen LogP contribution in [-0.2, 0) is 4.74 Å². The van der Waals surface area contributed by atoms with Gasteiger partial charge in [-0.05, 0) is 12.1 Å². The Labute approximate surface area is 200 Å². The van der Waals surface area contributed by atoms with Crippen LogP contribution in [-0.4, -0.2) is 79.1 Å². The average molecular weight is 506 g/mol. The molecule has 1 aliphatic rings. The minimum atomic E-state index is -1.74. The zero-order valence-corrected chi connectivity index (χ0v) is 19.2. The SMILES string of the molecule is COc1cc2c(=O)oc3c(OC)c(O[C@@H]4O[C@H](CO)[C@@H](O)[C@H](O)[C@H]4O)cc4c(=O)oc(c1OC)c2c34. The fourth-order valence-electron chi connectivity index (χ4n) is 4.46. The number of hydrogen-bond acceptors (Lipinski definition) is 13. The van der Waals surface area contributed by atoms with Crippen molar-refractivity contribution < 1.29 is 52.9 Å². The Hall–Kier alpha value is -3.62. The fourth-order valence-corrected chi connectivity index (χ4v) is 4.46. The Bertz CT molecular complexity index is 1550. The van der Waals surface area contributed by atoms with Crippen LogP contribution in [0, 0.1) is 0 Å². The molecule has 0 amide bonds. The topological polar surface area (TPSA) is 187 Å². The van der Waals surface area contributed by atoms with Gasteiger partial charge in [0, 0.05) is 10.8 Å². The Morgan fingerprint density at radius 2 is 1.31 bits per heavy atom. The van der Waals surface area contributed by atoms with Gasteiger partial charge in [-0.15, -0.1) is 0 Å². The Balaban J connectivity index is 1.78. The molecule has 13 nitrogen and oxygen atoms in total. The minimum Gasteiger partial charge on any atom is -0.493 e. The largest absolute Gasteiger partial charge is 0.493 e. The molecule has 0 unspecified atom stereocenters. The van der Waals surface area contributed by atoms with E-state index < -0.39 is 48.6 Å². The maximum atomic E-state index is 13.0. The van der Waals surface area contributed by atoms with Crippen molar-refractivity contribution in [3.63, 3.8) is 0 Å². The van der Waals surface area contributed by atoms with Gasteiger partial charge in [-0.25, -0.2) is 9.59 Å². The monoisotopic (exact) mass is 506 g/mol. The summed E-state index contributed by atoms with van der Waals surface area (Å²) in [5.74, 6) is -0.0817. The first-order valence-electron chi connectivity index (χ1n) is 10.7. The van der Waals surface area contributed by atoms with Crippen molar-refractivity contribution in [1.29, 1.82) is 0 Å². The third-order valence-corrected chi connectivity index (χ3v) is 6.20. The molecule has 0 bridgehead atoms. The summed E-state index contributed by atoms with van der Waals surface area (Å²) in [6, 6.07) is 2.64. The second kappa shape index (κ2) is 8.80. The molecule has 3 heterocycles. The van der Waals surface area contributed by atoms with Crippen molar-refractivity contribution in [2.24, 2.45) is 0 Å². The van der Waals surface area contributed by atoms with Crippen molar-refractivity contribution in [3.05, 3.63) is 33.0 Å². The predicted octanol–water partition coefficient (Wildman–Crippen LogP) is -0.305. The first-order chi connectivity index (χ1) is 17.2. The highest BCUT2D eigenvalue weighted by molar-refractivity contribution is 6.22. The van der Waals surface area contributed by atoms with Gasteiger partial charge in [0.05, 0.1) is 38.7 Å². The minimum absolute atomic E-state index is 0.0353. The highest BCUT2D eigenvalue weighted by Crippen LogP contribution is 2.46. The molecule has 0 aliphatic carbocycles. The summed E-state index contributed by atoms with van der Waals surface area (Å²) in [6.45, 7) is -0.674. The molecule has 0 radical (unpaired) electrons. The molecule has 13 heteroatoms. The van der Waals surface area contributed by atoms with Gasteiger partial charge in [0.25, 0.3) is 0 Å². The molecule has 5 atom stereocenters. The first kappa shape index (κ1) is 24.1. The van der Waals surface area contributed by atoms with E-state index in [1.54, 1.807) is 0 Å². The van der Waals surface area contributed by atoms with Crippen LogP contribution in [0.5, 0.6) is 23.0 Å². The summed E-state index contributed by atoms with van der Waals surface area (Å²) in [5.41, 5.74) is -1.83. The van der Waals surface area contributed by atoms with Gasteiger partial charge in [0.2, 0.25) is 17.8 Å². The molecule has 4 N–H and O–H groups in total. The Morgan fingerprint density at radius 3 is 1.81 bits per heavy atom. The molecule has 0 saturated carbocycles. The molecular weight excluding hydrogens is 484 g/mol. The zero-order chi connectivity index (χ0) is 25.9.